The fourth-order valence-corrected chi connectivity index (χ4v) is 4.44. The van der Waals surface area contributed by atoms with Gasteiger partial charge in [-0.2, -0.15) is 10.4 Å². The summed E-state index contributed by atoms with van der Waals surface area (Å²) in [6, 6.07) is 18.3. The highest BCUT2D eigenvalue weighted by Crippen LogP contribution is 2.35. The Morgan fingerprint density at radius 3 is 2.47 bits per heavy atom. The molecule has 36 heavy (non-hydrogen) atoms. The number of aromatic nitrogens is 4. The van der Waals surface area contributed by atoms with Crippen molar-refractivity contribution in [2.45, 2.75) is 39.5 Å². The second-order valence-corrected chi connectivity index (χ2v) is 10.1. The van der Waals surface area contributed by atoms with Crippen LogP contribution in [0.5, 0.6) is 0 Å². The minimum absolute atomic E-state index is 0.101. The Morgan fingerprint density at radius 1 is 1.00 bits per heavy atom. The first kappa shape index (κ1) is 23.4. The average Bonchev–Trinajstić information content (AvgIpc) is 3.33. The lowest BCUT2D eigenvalue weighted by Crippen LogP contribution is -2.13. The van der Waals surface area contributed by atoms with Gasteiger partial charge in [0.05, 0.1) is 28.7 Å². The highest BCUT2D eigenvalue weighted by atomic mass is 16.1. The zero-order valence-corrected chi connectivity index (χ0v) is 20.8. The molecule has 0 bridgehead atoms. The molecule has 0 atom stereocenters. The maximum absolute atomic E-state index is 12.6. The van der Waals surface area contributed by atoms with Crippen molar-refractivity contribution >= 4 is 27.6 Å². The minimum atomic E-state index is -0.559. The van der Waals surface area contributed by atoms with Gasteiger partial charge in [0.25, 0.3) is 0 Å². The van der Waals surface area contributed by atoms with Gasteiger partial charge in [-0.15, -0.1) is 0 Å². The Hall–Kier alpha value is -4.37. The normalized spacial score (nSPS) is 11.8. The van der Waals surface area contributed by atoms with Crippen LogP contribution in [0.25, 0.3) is 44.2 Å². The standard InChI is InChI=1S/C30H27N5O/c1-18(2)11-27(36)22-12-21(14-32-15-22)20-7-10-25-24(13-20)28-26(16-33-25)34-35-29(28)19-5-8-23(9-6-19)30(3,4)17-31/h5-10,12-16,18H,11H2,1-4H3,(H,34,35). The number of ketones is 1. The van der Waals surface area contributed by atoms with E-state index in [1.54, 1.807) is 18.6 Å². The van der Waals surface area contributed by atoms with Gasteiger partial charge in [0.2, 0.25) is 0 Å². The molecule has 0 unspecified atom stereocenters. The third-order valence-electron chi connectivity index (χ3n) is 6.54. The minimum Gasteiger partial charge on any atom is -0.294 e. The van der Waals surface area contributed by atoms with Gasteiger partial charge in [-0.25, -0.2) is 0 Å². The maximum atomic E-state index is 12.6. The Bertz CT molecular complexity index is 1640. The molecule has 5 aromatic rings. The molecule has 0 aliphatic carbocycles. The van der Waals surface area contributed by atoms with Crippen molar-refractivity contribution in [2.24, 2.45) is 5.92 Å². The molecule has 5 rings (SSSR count). The van der Waals surface area contributed by atoms with Crippen LogP contribution in [-0.2, 0) is 5.41 Å². The highest BCUT2D eigenvalue weighted by molar-refractivity contribution is 6.11. The Morgan fingerprint density at radius 2 is 1.75 bits per heavy atom. The van der Waals surface area contributed by atoms with Gasteiger partial charge in [0.15, 0.2) is 5.78 Å². The number of nitrogens with one attached hydrogen (secondary N) is 1. The van der Waals surface area contributed by atoms with Crippen molar-refractivity contribution < 1.29 is 4.79 Å². The lowest BCUT2D eigenvalue weighted by Gasteiger charge is -2.15. The van der Waals surface area contributed by atoms with Crippen LogP contribution in [0.4, 0.5) is 0 Å². The second-order valence-electron chi connectivity index (χ2n) is 10.1. The maximum Gasteiger partial charge on any atom is 0.164 e. The number of hydrogen-bond acceptors (Lipinski definition) is 5. The average molecular weight is 474 g/mol. The summed E-state index contributed by atoms with van der Waals surface area (Å²) in [6.07, 6.45) is 5.72. The zero-order chi connectivity index (χ0) is 25.4. The van der Waals surface area contributed by atoms with Gasteiger partial charge in [-0.05, 0) is 49.1 Å². The first-order valence-corrected chi connectivity index (χ1v) is 12.0. The molecule has 178 valence electrons. The number of nitriles is 1. The molecule has 0 spiro atoms. The first-order chi connectivity index (χ1) is 17.3. The van der Waals surface area contributed by atoms with Crippen LogP contribution >= 0.6 is 0 Å². The van der Waals surface area contributed by atoms with E-state index in [1.807, 2.05) is 70.2 Å². The van der Waals surface area contributed by atoms with E-state index in [0.29, 0.717) is 17.9 Å². The summed E-state index contributed by atoms with van der Waals surface area (Å²) in [4.78, 5) is 21.6. The number of rotatable bonds is 6. The summed E-state index contributed by atoms with van der Waals surface area (Å²) in [5.41, 5.74) is 6.36. The summed E-state index contributed by atoms with van der Waals surface area (Å²) in [5, 5.41) is 19.1. The quantitative estimate of drug-likeness (QED) is 0.272. The van der Waals surface area contributed by atoms with Crippen molar-refractivity contribution in [1.29, 1.82) is 5.26 Å². The van der Waals surface area contributed by atoms with Crippen LogP contribution in [0, 0.1) is 17.2 Å². The van der Waals surface area contributed by atoms with E-state index >= 15 is 0 Å². The lowest BCUT2D eigenvalue weighted by atomic mass is 9.86. The molecular weight excluding hydrogens is 446 g/mol. The predicted molar refractivity (Wildman–Crippen MR) is 142 cm³/mol. The zero-order valence-electron chi connectivity index (χ0n) is 20.8. The topological polar surface area (TPSA) is 95.3 Å². The lowest BCUT2D eigenvalue weighted by molar-refractivity contribution is 0.0967. The number of aromatic amines is 1. The summed E-state index contributed by atoms with van der Waals surface area (Å²) in [7, 11) is 0. The van der Waals surface area contributed by atoms with Gasteiger partial charge >= 0.3 is 0 Å². The summed E-state index contributed by atoms with van der Waals surface area (Å²) in [5.74, 6) is 0.394. The van der Waals surface area contributed by atoms with Gasteiger partial charge in [0, 0.05) is 46.3 Å². The van der Waals surface area contributed by atoms with E-state index in [-0.39, 0.29) is 5.78 Å². The highest BCUT2D eigenvalue weighted by Gasteiger charge is 2.20. The number of carbonyl (C=O) groups is 1. The monoisotopic (exact) mass is 473 g/mol. The number of pyridine rings is 2. The Labute approximate surface area is 210 Å². The number of H-pyrrole nitrogens is 1. The Balaban J connectivity index is 1.61. The van der Waals surface area contributed by atoms with Crippen molar-refractivity contribution in [2.75, 3.05) is 0 Å². The fraction of sp³-hybridized carbons (Fsp3) is 0.233. The molecule has 1 N–H and O–H groups in total. The smallest absolute Gasteiger partial charge is 0.164 e. The third-order valence-corrected chi connectivity index (χ3v) is 6.54. The molecule has 0 amide bonds. The number of fused-ring (bicyclic) bond motifs is 3. The molecule has 0 aliphatic rings. The number of carbonyl (C=O) groups excluding carboxylic acids is 1. The molecule has 0 saturated heterocycles. The van der Waals surface area contributed by atoms with Gasteiger partial charge < -0.3 is 0 Å². The summed E-state index contributed by atoms with van der Waals surface area (Å²) >= 11 is 0. The van der Waals surface area contributed by atoms with Crippen LogP contribution in [-0.4, -0.2) is 25.9 Å². The largest absolute Gasteiger partial charge is 0.294 e. The molecule has 0 radical (unpaired) electrons. The van der Waals surface area contributed by atoms with Gasteiger partial charge in [-0.3, -0.25) is 19.9 Å². The predicted octanol–water partition coefficient (Wildman–Crippen LogP) is 6.87. The van der Waals surface area contributed by atoms with E-state index in [9.17, 15) is 10.1 Å². The van der Waals surface area contributed by atoms with Crippen LogP contribution in [0.1, 0.15) is 50.0 Å². The molecule has 0 saturated carbocycles. The van der Waals surface area contributed by atoms with Crippen LogP contribution in [0.3, 0.4) is 0 Å². The molecule has 0 aliphatic heterocycles. The molecule has 6 heteroatoms. The van der Waals surface area contributed by atoms with E-state index in [0.717, 1.165) is 49.8 Å². The van der Waals surface area contributed by atoms with Crippen molar-refractivity contribution in [1.82, 2.24) is 20.2 Å². The second kappa shape index (κ2) is 9.01. The van der Waals surface area contributed by atoms with Crippen molar-refractivity contribution in [3.05, 3.63) is 78.2 Å². The third kappa shape index (κ3) is 4.25. The van der Waals surface area contributed by atoms with E-state index in [2.05, 4.69) is 32.3 Å². The number of benzene rings is 2. The first-order valence-electron chi connectivity index (χ1n) is 12.0. The molecule has 3 aromatic heterocycles. The van der Waals surface area contributed by atoms with Crippen LogP contribution < -0.4 is 0 Å². The van der Waals surface area contributed by atoms with Crippen molar-refractivity contribution in [3.63, 3.8) is 0 Å². The molecule has 6 nitrogen and oxygen atoms in total. The van der Waals surface area contributed by atoms with E-state index in [4.69, 9.17) is 0 Å². The molecule has 2 aromatic carbocycles. The summed E-state index contributed by atoms with van der Waals surface area (Å²) < 4.78 is 0. The molecule has 3 heterocycles. The molecular formula is C30H27N5O. The van der Waals surface area contributed by atoms with Crippen LogP contribution in [0.15, 0.2) is 67.1 Å². The Kier molecular flexibility index (Phi) is 5.85. The number of hydrogen-bond donors (Lipinski definition) is 1. The van der Waals surface area contributed by atoms with Crippen molar-refractivity contribution in [3.8, 4) is 28.5 Å². The van der Waals surface area contributed by atoms with E-state index < -0.39 is 5.41 Å². The van der Waals surface area contributed by atoms with E-state index in [1.165, 1.54) is 0 Å². The number of Topliss-reactive ketones (excluding diaryl/α,β-unsaturated/α-hetero) is 1. The molecule has 0 fully saturated rings. The number of nitrogens with zero attached hydrogens (tertiary/aromatic N) is 4. The fourth-order valence-electron chi connectivity index (χ4n) is 4.44. The van der Waals surface area contributed by atoms with Gasteiger partial charge in [-0.1, -0.05) is 44.2 Å². The SMILES string of the molecule is CC(C)CC(=O)c1cncc(-c2ccc3ncc4[nH]nc(-c5ccc(C(C)(C)C#N)cc5)c4c3c2)c1. The van der Waals surface area contributed by atoms with Gasteiger partial charge in [0.1, 0.15) is 5.69 Å². The summed E-state index contributed by atoms with van der Waals surface area (Å²) in [6.45, 7) is 7.90. The van der Waals surface area contributed by atoms with Crippen LogP contribution in [0.2, 0.25) is 0 Å².